The highest BCUT2D eigenvalue weighted by Gasteiger charge is 2.25. The van der Waals surface area contributed by atoms with Crippen LogP contribution in [0, 0.1) is 6.92 Å². The number of anilines is 1. The first-order valence-corrected chi connectivity index (χ1v) is 10.7. The highest BCUT2D eigenvalue weighted by atomic mass is 32.2. The molecule has 0 saturated heterocycles. The van der Waals surface area contributed by atoms with Gasteiger partial charge >= 0.3 is 0 Å². The van der Waals surface area contributed by atoms with Gasteiger partial charge < -0.3 is 5.32 Å². The van der Waals surface area contributed by atoms with Crippen molar-refractivity contribution in [2.45, 2.75) is 44.6 Å². The van der Waals surface area contributed by atoms with E-state index in [4.69, 9.17) is 5.10 Å². The highest BCUT2D eigenvalue weighted by molar-refractivity contribution is 7.98. The number of fused-ring (bicyclic) bond motifs is 1. The van der Waals surface area contributed by atoms with Crippen LogP contribution in [0.4, 0.5) is 5.82 Å². The second kappa shape index (κ2) is 7.13. The standard InChI is InChI=1S/C23H25N3OS/c1-15-6-5-7-18(12-15)26-21(19-13-28-14-20(19)25-26)24-22(27)16-8-10-17(11-9-16)23(2,3)4/h5-12H,13-14H2,1-4H3,(H,24,27). The van der Waals surface area contributed by atoms with Crippen LogP contribution in [0.15, 0.2) is 48.5 Å². The van der Waals surface area contributed by atoms with Gasteiger partial charge in [-0.15, -0.1) is 0 Å². The largest absolute Gasteiger partial charge is 0.306 e. The van der Waals surface area contributed by atoms with Crippen molar-refractivity contribution in [3.05, 3.63) is 76.5 Å². The molecule has 1 amide bonds. The normalized spacial score (nSPS) is 13.4. The third-order valence-electron chi connectivity index (χ3n) is 5.04. The van der Waals surface area contributed by atoms with Gasteiger partial charge in [0.15, 0.2) is 0 Å². The molecule has 0 fully saturated rings. The SMILES string of the molecule is Cc1cccc(-n2nc3c(c2NC(=O)c2ccc(C(C)(C)C)cc2)CSC3)c1. The zero-order valence-corrected chi connectivity index (χ0v) is 17.6. The van der Waals surface area contributed by atoms with Gasteiger partial charge in [-0.1, -0.05) is 45.0 Å². The van der Waals surface area contributed by atoms with Gasteiger partial charge in [-0.25, -0.2) is 4.68 Å². The van der Waals surface area contributed by atoms with Gasteiger partial charge in [-0.05, 0) is 47.7 Å². The van der Waals surface area contributed by atoms with Crippen LogP contribution in [0.2, 0.25) is 0 Å². The molecule has 2 heterocycles. The fourth-order valence-electron chi connectivity index (χ4n) is 3.39. The zero-order chi connectivity index (χ0) is 19.9. The van der Waals surface area contributed by atoms with E-state index in [-0.39, 0.29) is 11.3 Å². The van der Waals surface area contributed by atoms with Gasteiger partial charge in [0, 0.05) is 22.6 Å². The minimum atomic E-state index is -0.103. The summed E-state index contributed by atoms with van der Waals surface area (Å²) in [6, 6.07) is 16.1. The predicted octanol–water partition coefficient (Wildman–Crippen LogP) is 5.48. The molecule has 0 saturated carbocycles. The Morgan fingerprint density at radius 3 is 2.54 bits per heavy atom. The van der Waals surface area contributed by atoms with E-state index in [1.807, 2.05) is 52.8 Å². The molecule has 1 aromatic heterocycles. The molecule has 1 N–H and O–H groups in total. The van der Waals surface area contributed by atoms with E-state index >= 15 is 0 Å². The van der Waals surface area contributed by atoms with Gasteiger partial charge in [0.05, 0.1) is 11.4 Å². The van der Waals surface area contributed by atoms with Crippen molar-refractivity contribution >= 4 is 23.5 Å². The Kier molecular flexibility index (Phi) is 4.79. The van der Waals surface area contributed by atoms with E-state index in [9.17, 15) is 4.79 Å². The molecule has 0 spiro atoms. The molecule has 2 aromatic carbocycles. The molecule has 3 aromatic rings. The van der Waals surface area contributed by atoms with Gasteiger partial charge in [0.1, 0.15) is 5.82 Å². The predicted molar refractivity (Wildman–Crippen MR) is 116 cm³/mol. The Hall–Kier alpha value is -2.53. The lowest BCUT2D eigenvalue weighted by molar-refractivity contribution is 0.102. The maximum atomic E-state index is 13.0. The number of rotatable bonds is 3. The van der Waals surface area contributed by atoms with Crippen LogP contribution in [0.1, 0.15) is 53.5 Å². The van der Waals surface area contributed by atoms with Crippen LogP contribution in [0.25, 0.3) is 5.69 Å². The molecule has 5 heteroatoms. The Bertz CT molecular complexity index is 1030. The van der Waals surface area contributed by atoms with Crippen LogP contribution >= 0.6 is 11.8 Å². The molecule has 1 aliphatic rings. The fraction of sp³-hybridized carbons (Fsp3) is 0.304. The monoisotopic (exact) mass is 391 g/mol. The summed E-state index contributed by atoms with van der Waals surface area (Å²) < 4.78 is 1.87. The Morgan fingerprint density at radius 1 is 1.11 bits per heavy atom. The van der Waals surface area contributed by atoms with Crippen molar-refractivity contribution in [2.75, 3.05) is 5.32 Å². The number of hydrogen-bond acceptors (Lipinski definition) is 3. The number of hydrogen-bond donors (Lipinski definition) is 1. The van der Waals surface area contributed by atoms with E-state index in [1.54, 1.807) is 0 Å². The third-order valence-corrected chi connectivity index (χ3v) is 6.01. The molecular formula is C23H25N3OS. The highest BCUT2D eigenvalue weighted by Crippen LogP contribution is 2.36. The maximum Gasteiger partial charge on any atom is 0.256 e. The van der Waals surface area contributed by atoms with Crippen LogP contribution < -0.4 is 5.32 Å². The number of aromatic nitrogens is 2. The summed E-state index contributed by atoms with van der Waals surface area (Å²) in [6.45, 7) is 8.57. The summed E-state index contributed by atoms with van der Waals surface area (Å²) in [5.41, 5.74) is 6.26. The molecule has 144 valence electrons. The first-order chi connectivity index (χ1) is 13.3. The van der Waals surface area contributed by atoms with E-state index in [1.165, 1.54) is 5.56 Å². The third kappa shape index (κ3) is 3.59. The Balaban J connectivity index is 1.67. The van der Waals surface area contributed by atoms with Crippen molar-refractivity contribution < 1.29 is 4.79 Å². The van der Waals surface area contributed by atoms with E-state index < -0.39 is 0 Å². The van der Waals surface area contributed by atoms with E-state index in [0.717, 1.165) is 39.8 Å². The number of carbonyl (C=O) groups excluding carboxylic acids is 1. The minimum absolute atomic E-state index is 0.0663. The number of amides is 1. The van der Waals surface area contributed by atoms with Crippen molar-refractivity contribution in [1.29, 1.82) is 0 Å². The molecule has 4 rings (SSSR count). The Morgan fingerprint density at radius 2 is 1.86 bits per heavy atom. The quantitative estimate of drug-likeness (QED) is 0.643. The smallest absolute Gasteiger partial charge is 0.256 e. The van der Waals surface area contributed by atoms with Crippen LogP contribution in [-0.4, -0.2) is 15.7 Å². The maximum absolute atomic E-state index is 13.0. The average molecular weight is 392 g/mol. The number of carbonyl (C=O) groups is 1. The molecule has 0 aliphatic carbocycles. The lowest BCUT2D eigenvalue weighted by Gasteiger charge is -2.19. The summed E-state index contributed by atoms with van der Waals surface area (Å²) in [5, 5.41) is 7.91. The van der Waals surface area contributed by atoms with Crippen LogP contribution in [-0.2, 0) is 16.9 Å². The molecule has 4 nitrogen and oxygen atoms in total. The summed E-state index contributed by atoms with van der Waals surface area (Å²) in [6.07, 6.45) is 0. The fourth-order valence-corrected chi connectivity index (χ4v) is 4.42. The lowest BCUT2D eigenvalue weighted by atomic mass is 9.87. The average Bonchev–Trinajstić information content (AvgIpc) is 3.24. The number of nitrogens with one attached hydrogen (secondary N) is 1. The van der Waals surface area contributed by atoms with Crippen molar-refractivity contribution in [3.8, 4) is 5.69 Å². The van der Waals surface area contributed by atoms with Crippen LogP contribution in [0.5, 0.6) is 0 Å². The van der Waals surface area contributed by atoms with Gasteiger partial charge in [0.25, 0.3) is 5.91 Å². The summed E-state index contributed by atoms with van der Waals surface area (Å²) in [7, 11) is 0. The van der Waals surface area contributed by atoms with Crippen molar-refractivity contribution in [1.82, 2.24) is 9.78 Å². The lowest BCUT2D eigenvalue weighted by Crippen LogP contribution is -2.17. The number of nitrogens with zero attached hydrogens (tertiary/aromatic N) is 2. The number of aryl methyl sites for hydroxylation is 1. The molecule has 0 radical (unpaired) electrons. The minimum Gasteiger partial charge on any atom is -0.306 e. The van der Waals surface area contributed by atoms with Crippen molar-refractivity contribution in [2.24, 2.45) is 0 Å². The molecule has 1 aliphatic heterocycles. The van der Waals surface area contributed by atoms with E-state index in [2.05, 4.69) is 45.1 Å². The van der Waals surface area contributed by atoms with Gasteiger partial charge in [0.2, 0.25) is 0 Å². The second-order valence-electron chi connectivity index (χ2n) is 8.30. The Labute approximate surface area is 170 Å². The molecule has 0 unspecified atom stereocenters. The molecular weight excluding hydrogens is 366 g/mol. The summed E-state index contributed by atoms with van der Waals surface area (Å²) in [5.74, 6) is 2.45. The number of benzene rings is 2. The summed E-state index contributed by atoms with van der Waals surface area (Å²) in [4.78, 5) is 13.0. The van der Waals surface area contributed by atoms with Crippen molar-refractivity contribution in [3.63, 3.8) is 0 Å². The molecule has 0 atom stereocenters. The van der Waals surface area contributed by atoms with E-state index in [0.29, 0.717) is 5.56 Å². The molecule has 28 heavy (non-hydrogen) atoms. The first kappa shape index (κ1) is 18.8. The zero-order valence-electron chi connectivity index (χ0n) is 16.7. The number of thioether (sulfide) groups is 1. The first-order valence-electron chi connectivity index (χ1n) is 9.50. The van der Waals surface area contributed by atoms with Crippen LogP contribution in [0.3, 0.4) is 0 Å². The molecule has 0 bridgehead atoms. The second-order valence-corrected chi connectivity index (χ2v) is 9.28. The van der Waals surface area contributed by atoms with Gasteiger partial charge in [-0.3, -0.25) is 4.79 Å². The van der Waals surface area contributed by atoms with Gasteiger partial charge in [-0.2, -0.15) is 16.9 Å². The summed E-state index contributed by atoms with van der Waals surface area (Å²) >= 11 is 1.83. The topological polar surface area (TPSA) is 46.9 Å².